The fraction of sp³-hybridized carbons (Fsp3) is 0.167. The Balaban J connectivity index is 1.57. The molecule has 1 amide bonds. The summed E-state index contributed by atoms with van der Waals surface area (Å²) in [5.74, 6) is 0.522. The van der Waals surface area contributed by atoms with Crippen LogP contribution < -0.4 is 5.32 Å². The van der Waals surface area contributed by atoms with Crippen LogP contribution in [0.25, 0.3) is 16.7 Å². The fourth-order valence-electron chi connectivity index (χ4n) is 2.77. The number of imidazole rings is 1. The molecule has 0 saturated heterocycles. The van der Waals surface area contributed by atoms with Gasteiger partial charge in [0.2, 0.25) is 0 Å². The molecule has 0 saturated carbocycles. The van der Waals surface area contributed by atoms with Gasteiger partial charge in [-0.2, -0.15) is 0 Å². The lowest BCUT2D eigenvalue weighted by Crippen LogP contribution is -2.29. The van der Waals surface area contributed by atoms with Crippen LogP contribution in [0.1, 0.15) is 35.6 Å². The largest absolute Gasteiger partial charge is 0.342 e. The number of aromatic nitrogens is 6. The van der Waals surface area contributed by atoms with Crippen molar-refractivity contribution in [1.82, 2.24) is 35.3 Å². The number of fused-ring (bicyclic) bond motifs is 1. The topological polar surface area (TPSA) is 101 Å². The minimum absolute atomic E-state index is 0.216. The van der Waals surface area contributed by atoms with Crippen molar-refractivity contribution in [3.05, 3.63) is 66.5 Å². The van der Waals surface area contributed by atoms with Crippen LogP contribution in [0.4, 0.5) is 0 Å². The fourth-order valence-corrected chi connectivity index (χ4v) is 2.77. The second kappa shape index (κ2) is 6.75. The van der Waals surface area contributed by atoms with Crippen molar-refractivity contribution >= 4 is 16.9 Å². The molecule has 0 spiro atoms. The molecule has 3 aromatic heterocycles. The van der Waals surface area contributed by atoms with Gasteiger partial charge >= 0.3 is 0 Å². The van der Waals surface area contributed by atoms with Crippen LogP contribution in [0.15, 0.2) is 55.1 Å². The third-order valence-electron chi connectivity index (χ3n) is 4.12. The van der Waals surface area contributed by atoms with Gasteiger partial charge in [0.25, 0.3) is 5.91 Å². The first kappa shape index (κ1) is 15.9. The summed E-state index contributed by atoms with van der Waals surface area (Å²) in [4.78, 5) is 24.7. The molecule has 1 aromatic carbocycles. The molecule has 0 bridgehead atoms. The van der Waals surface area contributed by atoms with Gasteiger partial charge in [-0.25, -0.2) is 9.67 Å². The molecule has 130 valence electrons. The predicted molar refractivity (Wildman–Crippen MR) is 95.7 cm³/mol. The quantitative estimate of drug-likeness (QED) is 0.577. The molecular weight excluding hydrogens is 330 g/mol. The number of hydrogen-bond acceptors (Lipinski definition) is 5. The van der Waals surface area contributed by atoms with E-state index in [9.17, 15) is 4.79 Å². The smallest absolute Gasteiger partial charge is 0.253 e. The number of H-pyrrole nitrogens is 1. The zero-order valence-electron chi connectivity index (χ0n) is 14.1. The van der Waals surface area contributed by atoms with Crippen LogP contribution >= 0.6 is 0 Å². The van der Waals surface area contributed by atoms with Crippen molar-refractivity contribution < 1.29 is 4.79 Å². The summed E-state index contributed by atoms with van der Waals surface area (Å²) in [6, 6.07) is 9.30. The first-order valence-electron chi connectivity index (χ1n) is 8.32. The van der Waals surface area contributed by atoms with Crippen molar-refractivity contribution in [3.63, 3.8) is 0 Å². The maximum absolute atomic E-state index is 12.7. The van der Waals surface area contributed by atoms with E-state index in [2.05, 4.69) is 30.6 Å². The Kier molecular flexibility index (Phi) is 4.14. The molecule has 26 heavy (non-hydrogen) atoms. The highest BCUT2D eigenvalue weighted by atomic mass is 16.1. The molecule has 0 aliphatic rings. The van der Waals surface area contributed by atoms with Crippen LogP contribution in [-0.4, -0.2) is 35.9 Å². The number of nitrogens with one attached hydrogen (secondary N) is 2. The molecule has 8 heteroatoms. The number of hydrogen-bond donors (Lipinski definition) is 2. The summed E-state index contributed by atoms with van der Waals surface area (Å²) >= 11 is 0. The van der Waals surface area contributed by atoms with E-state index in [4.69, 9.17) is 0 Å². The summed E-state index contributed by atoms with van der Waals surface area (Å²) in [5.41, 5.74) is 2.95. The lowest BCUT2D eigenvalue weighted by atomic mass is 10.2. The second-order valence-corrected chi connectivity index (χ2v) is 5.85. The SMILES string of the molecule is CC[C@@H](NC(=O)c1cncc(-n2ccnn2)c1)c1nc2ccccc2[nH]1. The predicted octanol–water partition coefficient (Wildman–Crippen LogP) is 2.42. The zero-order valence-corrected chi connectivity index (χ0v) is 14.1. The highest BCUT2D eigenvalue weighted by Crippen LogP contribution is 2.19. The number of carbonyl (C=O) groups is 1. The van der Waals surface area contributed by atoms with Crippen molar-refractivity contribution in [3.8, 4) is 5.69 Å². The van der Waals surface area contributed by atoms with Gasteiger partial charge in [0.15, 0.2) is 0 Å². The van der Waals surface area contributed by atoms with Gasteiger partial charge in [-0.05, 0) is 24.6 Å². The molecule has 8 nitrogen and oxygen atoms in total. The molecule has 0 unspecified atom stereocenters. The zero-order chi connectivity index (χ0) is 17.9. The average molecular weight is 347 g/mol. The third kappa shape index (κ3) is 3.04. The summed E-state index contributed by atoms with van der Waals surface area (Å²) in [5, 5.41) is 10.7. The van der Waals surface area contributed by atoms with E-state index >= 15 is 0 Å². The molecule has 0 aliphatic heterocycles. The van der Waals surface area contributed by atoms with E-state index in [-0.39, 0.29) is 11.9 Å². The minimum atomic E-state index is -0.218. The number of pyridine rings is 1. The number of amides is 1. The van der Waals surface area contributed by atoms with Gasteiger partial charge in [-0.15, -0.1) is 5.10 Å². The Morgan fingerprint density at radius 2 is 2.19 bits per heavy atom. The minimum Gasteiger partial charge on any atom is -0.342 e. The van der Waals surface area contributed by atoms with Gasteiger partial charge in [-0.3, -0.25) is 9.78 Å². The van der Waals surface area contributed by atoms with E-state index < -0.39 is 0 Å². The Morgan fingerprint density at radius 1 is 1.31 bits per heavy atom. The van der Waals surface area contributed by atoms with Crippen molar-refractivity contribution in [2.45, 2.75) is 19.4 Å². The molecular formula is C18H17N7O. The first-order chi connectivity index (χ1) is 12.7. The molecule has 0 fully saturated rings. The van der Waals surface area contributed by atoms with Crippen LogP contribution in [0.2, 0.25) is 0 Å². The maximum Gasteiger partial charge on any atom is 0.253 e. The van der Waals surface area contributed by atoms with Gasteiger partial charge in [0.1, 0.15) is 5.82 Å². The van der Waals surface area contributed by atoms with E-state index in [0.29, 0.717) is 17.7 Å². The van der Waals surface area contributed by atoms with Gasteiger partial charge in [0, 0.05) is 6.20 Å². The van der Waals surface area contributed by atoms with E-state index in [1.165, 1.54) is 6.20 Å². The Bertz CT molecular complexity index is 1010. The molecule has 1 atom stereocenters. The van der Waals surface area contributed by atoms with Gasteiger partial charge in [-0.1, -0.05) is 24.3 Å². The third-order valence-corrected chi connectivity index (χ3v) is 4.12. The number of nitrogens with zero attached hydrogens (tertiary/aromatic N) is 5. The summed E-state index contributed by atoms with van der Waals surface area (Å²) in [6.07, 6.45) is 7.13. The molecule has 0 radical (unpaired) electrons. The van der Waals surface area contributed by atoms with Crippen LogP contribution in [0, 0.1) is 0 Å². The van der Waals surface area contributed by atoms with Gasteiger partial charge < -0.3 is 10.3 Å². The van der Waals surface area contributed by atoms with Crippen molar-refractivity contribution in [2.24, 2.45) is 0 Å². The van der Waals surface area contributed by atoms with Crippen LogP contribution in [0.5, 0.6) is 0 Å². The van der Waals surface area contributed by atoms with E-state index in [0.717, 1.165) is 16.9 Å². The average Bonchev–Trinajstić information content (AvgIpc) is 3.35. The first-order valence-corrected chi connectivity index (χ1v) is 8.32. The maximum atomic E-state index is 12.7. The Labute approximate surface area is 149 Å². The van der Waals surface area contributed by atoms with E-state index in [1.807, 2.05) is 31.2 Å². The molecule has 4 rings (SSSR count). The summed E-state index contributed by atoms with van der Waals surface area (Å²) in [7, 11) is 0. The molecule has 0 aliphatic carbocycles. The van der Waals surface area contributed by atoms with Crippen molar-refractivity contribution in [1.29, 1.82) is 0 Å². The number of carbonyl (C=O) groups excluding carboxylic acids is 1. The highest BCUT2D eigenvalue weighted by Gasteiger charge is 2.18. The molecule has 4 aromatic rings. The lowest BCUT2D eigenvalue weighted by Gasteiger charge is -2.14. The highest BCUT2D eigenvalue weighted by molar-refractivity contribution is 5.94. The van der Waals surface area contributed by atoms with E-state index in [1.54, 1.807) is 29.3 Å². The summed E-state index contributed by atoms with van der Waals surface area (Å²) in [6.45, 7) is 2.00. The van der Waals surface area contributed by atoms with Gasteiger partial charge in [0.05, 0.1) is 46.9 Å². The standard InChI is InChI=1S/C18H17N7O/c1-2-14(17-21-15-5-3-4-6-16(15)22-17)23-18(26)12-9-13(11-19-10-12)25-8-7-20-24-25/h3-11,14H,2H2,1H3,(H,21,22)(H,23,26)/t14-/m1/s1. The molecule has 3 heterocycles. The number of para-hydroxylation sites is 2. The number of benzene rings is 1. The number of aromatic amines is 1. The van der Waals surface area contributed by atoms with Crippen LogP contribution in [-0.2, 0) is 0 Å². The Morgan fingerprint density at radius 3 is 2.96 bits per heavy atom. The van der Waals surface area contributed by atoms with Crippen molar-refractivity contribution in [2.75, 3.05) is 0 Å². The molecule has 2 N–H and O–H groups in total. The Hall–Kier alpha value is -3.55. The number of rotatable bonds is 5. The lowest BCUT2D eigenvalue weighted by molar-refractivity contribution is 0.0933. The summed E-state index contributed by atoms with van der Waals surface area (Å²) < 4.78 is 1.56. The van der Waals surface area contributed by atoms with Crippen LogP contribution in [0.3, 0.4) is 0 Å². The normalized spacial score (nSPS) is 12.2. The second-order valence-electron chi connectivity index (χ2n) is 5.85. The monoisotopic (exact) mass is 347 g/mol.